The third-order valence-electron chi connectivity index (χ3n) is 5.07. The van der Waals surface area contributed by atoms with Crippen LogP contribution < -0.4 is 10.2 Å². The van der Waals surface area contributed by atoms with Gasteiger partial charge in [0.25, 0.3) is 0 Å². The summed E-state index contributed by atoms with van der Waals surface area (Å²) in [6.07, 6.45) is -0.667. The first-order valence-electron chi connectivity index (χ1n) is 10.8. The number of nitrogens with one attached hydrogen (secondary N) is 1. The number of hydrogen-bond acceptors (Lipinski definition) is 5. The summed E-state index contributed by atoms with van der Waals surface area (Å²) < 4.78 is 5.31. The van der Waals surface area contributed by atoms with Gasteiger partial charge in [0.15, 0.2) is 0 Å². The Labute approximate surface area is 189 Å². The van der Waals surface area contributed by atoms with Crippen LogP contribution in [-0.4, -0.2) is 72.1 Å². The number of carbonyl (C=O) groups excluding carboxylic acids is 4. The number of nitrogens with zero attached hydrogens (tertiary/aromatic N) is 3. The van der Waals surface area contributed by atoms with Crippen molar-refractivity contribution in [2.24, 2.45) is 5.92 Å². The Bertz CT molecular complexity index is 835. The standard InChI is InChI=1S/C23H34N4O5/c1-16(2)19(24-21(30)32-23(3,4)5)20(29)26-13-12-18(28)25(6)22(31)27(15-14-26)17-10-8-7-9-11-17/h7-11,16,19H,12-15H2,1-6H3,(H,24,30). The molecule has 0 spiro atoms. The number of ether oxygens (including phenoxy) is 1. The Kier molecular flexibility index (Phi) is 8.24. The molecule has 0 aromatic heterocycles. The van der Waals surface area contributed by atoms with Crippen molar-refractivity contribution in [1.82, 2.24) is 15.1 Å². The SMILES string of the molecule is CC(C)C(NC(=O)OC(C)(C)C)C(=O)N1CCC(=O)N(C)C(=O)N(c2ccccc2)CC1. The first-order chi connectivity index (χ1) is 14.9. The fourth-order valence-corrected chi connectivity index (χ4v) is 3.33. The molecule has 1 saturated heterocycles. The fourth-order valence-electron chi connectivity index (χ4n) is 3.33. The van der Waals surface area contributed by atoms with E-state index in [-0.39, 0.29) is 43.8 Å². The Hall–Kier alpha value is -3.10. The van der Waals surface area contributed by atoms with Crippen LogP contribution >= 0.6 is 0 Å². The van der Waals surface area contributed by atoms with Crippen LogP contribution in [0.5, 0.6) is 0 Å². The average Bonchev–Trinajstić information content (AvgIpc) is 2.76. The molecule has 9 nitrogen and oxygen atoms in total. The zero-order valence-electron chi connectivity index (χ0n) is 19.8. The van der Waals surface area contributed by atoms with Crippen LogP contribution in [0.4, 0.5) is 15.3 Å². The molecule has 0 bridgehead atoms. The Morgan fingerprint density at radius 2 is 1.66 bits per heavy atom. The highest BCUT2D eigenvalue weighted by atomic mass is 16.6. The maximum absolute atomic E-state index is 13.4. The van der Waals surface area contributed by atoms with Gasteiger partial charge in [-0.3, -0.25) is 19.4 Å². The van der Waals surface area contributed by atoms with Crippen molar-refractivity contribution in [1.29, 1.82) is 0 Å². The average molecular weight is 447 g/mol. The Balaban J connectivity index is 2.24. The summed E-state index contributed by atoms with van der Waals surface area (Å²) in [6.45, 7) is 9.48. The van der Waals surface area contributed by atoms with Gasteiger partial charge in [0.05, 0.1) is 0 Å². The molecule has 2 rings (SSSR count). The minimum Gasteiger partial charge on any atom is -0.444 e. The molecule has 9 heteroatoms. The number of para-hydroxylation sites is 1. The van der Waals surface area contributed by atoms with Crippen molar-refractivity contribution in [3.63, 3.8) is 0 Å². The minimum absolute atomic E-state index is 0.00780. The monoisotopic (exact) mass is 446 g/mol. The third-order valence-corrected chi connectivity index (χ3v) is 5.07. The van der Waals surface area contributed by atoms with Crippen molar-refractivity contribution in [3.05, 3.63) is 30.3 Å². The number of amides is 5. The van der Waals surface area contributed by atoms with Gasteiger partial charge >= 0.3 is 12.1 Å². The highest BCUT2D eigenvalue weighted by Gasteiger charge is 2.33. The maximum atomic E-state index is 13.4. The van der Waals surface area contributed by atoms with Crippen molar-refractivity contribution in [3.8, 4) is 0 Å². The van der Waals surface area contributed by atoms with Crippen LogP contribution in [-0.2, 0) is 14.3 Å². The number of alkyl carbamates (subject to hydrolysis) is 1. The number of imide groups is 1. The Morgan fingerprint density at radius 1 is 1.03 bits per heavy atom. The summed E-state index contributed by atoms with van der Waals surface area (Å²) in [4.78, 5) is 55.2. The van der Waals surface area contributed by atoms with Gasteiger partial charge in [0.2, 0.25) is 11.8 Å². The summed E-state index contributed by atoms with van der Waals surface area (Å²) in [7, 11) is 1.44. The van der Waals surface area contributed by atoms with E-state index in [1.165, 1.54) is 16.8 Å². The first-order valence-corrected chi connectivity index (χ1v) is 10.8. The number of hydrogen-bond donors (Lipinski definition) is 1. The van der Waals surface area contributed by atoms with Crippen LogP contribution in [0.25, 0.3) is 0 Å². The summed E-state index contributed by atoms with van der Waals surface area (Å²) >= 11 is 0. The molecule has 1 fully saturated rings. The van der Waals surface area contributed by atoms with E-state index in [0.29, 0.717) is 5.69 Å². The zero-order valence-corrected chi connectivity index (χ0v) is 19.8. The molecule has 1 aliphatic heterocycles. The van der Waals surface area contributed by atoms with Crippen molar-refractivity contribution in [2.45, 2.75) is 52.7 Å². The second kappa shape index (κ2) is 10.5. The van der Waals surface area contributed by atoms with E-state index in [9.17, 15) is 19.2 Å². The number of anilines is 1. The quantitative estimate of drug-likeness (QED) is 0.767. The van der Waals surface area contributed by atoms with Crippen LogP contribution in [0.1, 0.15) is 41.0 Å². The normalized spacial score (nSPS) is 16.9. The molecule has 1 N–H and O–H groups in total. The first kappa shape index (κ1) is 25.2. The topological polar surface area (TPSA) is 99.3 Å². The molecule has 176 valence electrons. The smallest absolute Gasteiger partial charge is 0.408 e. The Morgan fingerprint density at radius 3 is 2.22 bits per heavy atom. The lowest BCUT2D eigenvalue weighted by Gasteiger charge is -2.31. The van der Waals surface area contributed by atoms with Crippen LogP contribution in [0.15, 0.2) is 30.3 Å². The van der Waals surface area contributed by atoms with E-state index in [1.807, 2.05) is 19.9 Å². The molecule has 0 saturated carbocycles. The predicted molar refractivity (Wildman–Crippen MR) is 121 cm³/mol. The van der Waals surface area contributed by atoms with Crippen LogP contribution in [0.3, 0.4) is 0 Å². The molecule has 1 heterocycles. The van der Waals surface area contributed by atoms with E-state index in [0.717, 1.165) is 4.90 Å². The lowest BCUT2D eigenvalue weighted by molar-refractivity contribution is -0.135. The van der Waals surface area contributed by atoms with Gasteiger partial charge < -0.3 is 15.0 Å². The molecule has 0 radical (unpaired) electrons. The fraction of sp³-hybridized carbons (Fsp3) is 0.565. The molecule has 1 unspecified atom stereocenters. The molecule has 1 aromatic rings. The van der Waals surface area contributed by atoms with Crippen molar-refractivity contribution >= 4 is 29.6 Å². The molecular formula is C23H34N4O5. The summed E-state index contributed by atoms with van der Waals surface area (Å²) in [5, 5.41) is 2.67. The molecule has 1 atom stereocenters. The number of carbonyl (C=O) groups is 4. The van der Waals surface area contributed by atoms with Gasteiger partial charge in [-0.2, -0.15) is 0 Å². The largest absolute Gasteiger partial charge is 0.444 e. The highest BCUT2D eigenvalue weighted by Crippen LogP contribution is 2.18. The van der Waals surface area contributed by atoms with Crippen molar-refractivity contribution < 1.29 is 23.9 Å². The van der Waals surface area contributed by atoms with E-state index in [4.69, 9.17) is 4.74 Å². The molecule has 1 aliphatic rings. The van der Waals surface area contributed by atoms with E-state index in [2.05, 4.69) is 5.32 Å². The molecule has 1 aromatic carbocycles. The van der Waals surface area contributed by atoms with Gasteiger partial charge in [-0.1, -0.05) is 32.0 Å². The van der Waals surface area contributed by atoms with Gasteiger partial charge in [0.1, 0.15) is 11.6 Å². The third kappa shape index (κ3) is 6.70. The lowest BCUT2D eigenvalue weighted by Crippen LogP contribution is -2.53. The highest BCUT2D eigenvalue weighted by molar-refractivity contribution is 6.02. The number of rotatable bonds is 4. The van der Waals surface area contributed by atoms with Gasteiger partial charge in [-0.15, -0.1) is 0 Å². The van der Waals surface area contributed by atoms with E-state index < -0.39 is 23.8 Å². The second-order valence-electron chi connectivity index (χ2n) is 9.17. The zero-order chi connectivity index (χ0) is 24.1. The van der Waals surface area contributed by atoms with Gasteiger partial charge in [-0.05, 0) is 38.8 Å². The minimum atomic E-state index is -0.820. The van der Waals surface area contributed by atoms with E-state index in [1.54, 1.807) is 45.0 Å². The summed E-state index contributed by atoms with van der Waals surface area (Å²) in [5.74, 6) is -0.895. The molecule has 0 aliphatic carbocycles. The molecule has 32 heavy (non-hydrogen) atoms. The summed E-state index contributed by atoms with van der Waals surface area (Å²) in [5.41, 5.74) is -0.0561. The number of urea groups is 1. The van der Waals surface area contributed by atoms with Crippen LogP contribution in [0, 0.1) is 5.92 Å². The van der Waals surface area contributed by atoms with Crippen molar-refractivity contribution in [2.75, 3.05) is 31.6 Å². The summed E-state index contributed by atoms with van der Waals surface area (Å²) in [6, 6.07) is 7.74. The second-order valence-corrected chi connectivity index (χ2v) is 9.17. The maximum Gasteiger partial charge on any atom is 0.408 e. The van der Waals surface area contributed by atoms with Gasteiger partial charge in [0, 0.05) is 38.8 Å². The number of benzene rings is 1. The molecular weight excluding hydrogens is 412 g/mol. The predicted octanol–water partition coefficient (Wildman–Crippen LogP) is 2.85. The van der Waals surface area contributed by atoms with E-state index >= 15 is 0 Å². The van der Waals surface area contributed by atoms with Gasteiger partial charge in [-0.25, -0.2) is 9.59 Å². The lowest BCUT2D eigenvalue weighted by atomic mass is 10.0. The van der Waals surface area contributed by atoms with Crippen LogP contribution in [0.2, 0.25) is 0 Å². The molecule has 5 amide bonds.